The number of amides is 2. The van der Waals surface area contributed by atoms with Crippen molar-refractivity contribution in [2.24, 2.45) is 0 Å². The van der Waals surface area contributed by atoms with Crippen LogP contribution in [0.3, 0.4) is 0 Å². The highest BCUT2D eigenvalue weighted by Gasteiger charge is 2.15. The highest BCUT2D eigenvalue weighted by Crippen LogP contribution is 2.18. The topological polar surface area (TPSA) is 76.0 Å². The molecule has 0 saturated carbocycles. The van der Waals surface area contributed by atoms with Gasteiger partial charge in [-0.3, -0.25) is 14.3 Å². The van der Waals surface area contributed by atoms with Gasteiger partial charge in [-0.2, -0.15) is 5.10 Å². The zero-order chi connectivity index (χ0) is 18.5. The molecular weight excluding hydrogens is 352 g/mol. The molecule has 0 radical (unpaired) electrons. The summed E-state index contributed by atoms with van der Waals surface area (Å²) in [4.78, 5) is 24.6. The normalized spacial score (nSPS) is 11.6. The first kappa shape index (κ1) is 17.7. The van der Waals surface area contributed by atoms with E-state index in [-0.39, 0.29) is 11.8 Å². The highest BCUT2D eigenvalue weighted by molar-refractivity contribution is 6.31. The van der Waals surface area contributed by atoms with Gasteiger partial charge in [-0.1, -0.05) is 23.7 Å². The van der Waals surface area contributed by atoms with E-state index in [0.29, 0.717) is 22.0 Å². The van der Waals surface area contributed by atoms with Crippen molar-refractivity contribution in [1.82, 2.24) is 9.78 Å². The van der Waals surface area contributed by atoms with E-state index in [0.717, 1.165) is 0 Å². The maximum absolute atomic E-state index is 12.3. The summed E-state index contributed by atoms with van der Waals surface area (Å²) in [6.45, 7) is 1.76. The standard InChI is InChI=1S/C19H17ClN4O2/c1-13(24-10-4-9-21-24)18(25)22-16-7-3-8-17(12-16)23-19(26)14-5-2-6-15(20)11-14/h2-13H,1H3,(H,22,25)(H,23,26)/t13-/m1/s1. The van der Waals surface area contributed by atoms with Crippen molar-refractivity contribution >= 4 is 34.8 Å². The first-order valence-electron chi connectivity index (χ1n) is 8.00. The van der Waals surface area contributed by atoms with Gasteiger partial charge in [0.05, 0.1) is 0 Å². The van der Waals surface area contributed by atoms with Crippen LogP contribution in [-0.4, -0.2) is 21.6 Å². The third kappa shape index (κ3) is 4.29. The Morgan fingerprint density at radius 2 is 1.77 bits per heavy atom. The van der Waals surface area contributed by atoms with Crippen molar-refractivity contribution in [1.29, 1.82) is 0 Å². The molecule has 26 heavy (non-hydrogen) atoms. The molecule has 0 fully saturated rings. The molecule has 0 saturated heterocycles. The summed E-state index contributed by atoms with van der Waals surface area (Å²) in [5, 5.41) is 10.2. The van der Waals surface area contributed by atoms with E-state index in [9.17, 15) is 9.59 Å². The largest absolute Gasteiger partial charge is 0.324 e. The molecule has 0 aliphatic carbocycles. The lowest BCUT2D eigenvalue weighted by Gasteiger charge is -2.13. The number of halogens is 1. The molecule has 2 N–H and O–H groups in total. The number of nitrogens with zero attached hydrogens (tertiary/aromatic N) is 2. The van der Waals surface area contributed by atoms with Crippen molar-refractivity contribution < 1.29 is 9.59 Å². The monoisotopic (exact) mass is 368 g/mol. The molecule has 132 valence electrons. The first-order chi connectivity index (χ1) is 12.5. The van der Waals surface area contributed by atoms with Crippen molar-refractivity contribution in [2.45, 2.75) is 13.0 Å². The van der Waals surface area contributed by atoms with Gasteiger partial charge in [0.2, 0.25) is 5.91 Å². The van der Waals surface area contributed by atoms with Crippen LogP contribution >= 0.6 is 11.6 Å². The molecule has 0 unspecified atom stereocenters. The highest BCUT2D eigenvalue weighted by atomic mass is 35.5. The predicted molar refractivity (Wildman–Crippen MR) is 101 cm³/mol. The lowest BCUT2D eigenvalue weighted by molar-refractivity contribution is -0.119. The van der Waals surface area contributed by atoms with Crippen LogP contribution in [0.25, 0.3) is 0 Å². The van der Waals surface area contributed by atoms with E-state index >= 15 is 0 Å². The number of anilines is 2. The predicted octanol–water partition coefficient (Wildman–Crippen LogP) is 3.99. The Hall–Kier alpha value is -3.12. The van der Waals surface area contributed by atoms with E-state index < -0.39 is 6.04 Å². The van der Waals surface area contributed by atoms with Gasteiger partial charge in [0.1, 0.15) is 6.04 Å². The number of carbonyl (C=O) groups excluding carboxylic acids is 2. The minimum Gasteiger partial charge on any atom is -0.324 e. The SMILES string of the molecule is C[C@H](C(=O)Nc1cccc(NC(=O)c2cccc(Cl)c2)c1)n1cccn1. The molecule has 0 aliphatic rings. The zero-order valence-corrected chi connectivity index (χ0v) is 14.8. The van der Waals surface area contributed by atoms with Gasteiger partial charge in [0.25, 0.3) is 5.91 Å². The number of rotatable bonds is 5. The fourth-order valence-corrected chi connectivity index (χ4v) is 2.57. The van der Waals surface area contributed by atoms with E-state index in [4.69, 9.17) is 11.6 Å². The third-order valence-corrected chi connectivity index (χ3v) is 4.01. The number of hydrogen-bond acceptors (Lipinski definition) is 3. The summed E-state index contributed by atoms with van der Waals surface area (Å²) in [5.41, 5.74) is 1.61. The lowest BCUT2D eigenvalue weighted by Crippen LogP contribution is -2.24. The summed E-state index contributed by atoms with van der Waals surface area (Å²) in [5.74, 6) is -0.479. The van der Waals surface area contributed by atoms with Gasteiger partial charge in [-0.05, 0) is 49.4 Å². The van der Waals surface area contributed by atoms with Crippen LogP contribution < -0.4 is 10.6 Å². The molecule has 0 spiro atoms. The van der Waals surface area contributed by atoms with E-state index in [1.165, 1.54) is 0 Å². The second kappa shape index (κ2) is 7.84. The maximum Gasteiger partial charge on any atom is 0.255 e. The van der Waals surface area contributed by atoms with Crippen LogP contribution in [-0.2, 0) is 4.79 Å². The van der Waals surface area contributed by atoms with Gasteiger partial charge in [-0.25, -0.2) is 0 Å². The summed E-state index contributed by atoms with van der Waals surface area (Å²) in [6.07, 6.45) is 3.35. The number of nitrogens with one attached hydrogen (secondary N) is 2. The molecule has 1 atom stereocenters. The summed E-state index contributed by atoms with van der Waals surface area (Å²) >= 11 is 5.91. The summed E-state index contributed by atoms with van der Waals surface area (Å²) in [6, 6.07) is 14.9. The summed E-state index contributed by atoms with van der Waals surface area (Å²) < 4.78 is 1.57. The van der Waals surface area contributed by atoms with Crippen LogP contribution in [0, 0.1) is 0 Å². The van der Waals surface area contributed by atoms with Crippen LogP contribution in [0.2, 0.25) is 5.02 Å². The molecule has 7 heteroatoms. The Morgan fingerprint density at radius 3 is 2.46 bits per heavy atom. The van der Waals surface area contributed by atoms with E-state index in [1.54, 1.807) is 78.6 Å². The van der Waals surface area contributed by atoms with Gasteiger partial charge >= 0.3 is 0 Å². The van der Waals surface area contributed by atoms with Gasteiger partial charge in [0.15, 0.2) is 0 Å². The average molecular weight is 369 g/mol. The third-order valence-electron chi connectivity index (χ3n) is 3.78. The van der Waals surface area contributed by atoms with Crippen LogP contribution in [0.5, 0.6) is 0 Å². The molecule has 0 aliphatic heterocycles. The quantitative estimate of drug-likeness (QED) is 0.715. The minimum atomic E-state index is -0.449. The second-order valence-corrected chi connectivity index (χ2v) is 6.13. The Labute approximate surface area is 155 Å². The second-order valence-electron chi connectivity index (χ2n) is 5.70. The zero-order valence-electron chi connectivity index (χ0n) is 14.0. The van der Waals surface area contributed by atoms with Crippen molar-refractivity contribution in [3.63, 3.8) is 0 Å². The molecule has 6 nitrogen and oxygen atoms in total. The first-order valence-corrected chi connectivity index (χ1v) is 8.38. The van der Waals surface area contributed by atoms with Gasteiger partial charge in [0, 0.05) is 34.4 Å². The van der Waals surface area contributed by atoms with Crippen LogP contribution in [0.4, 0.5) is 11.4 Å². The Kier molecular flexibility index (Phi) is 5.34. The average Bonchev–Trinajstić information content (AvgIpc) is 3.16. The van der Waals surface area contributed by atoms with E-state index in [1.807, 2.05) is 0 Å². The molecular formula is C19H17ClN4O2. The van der Waals surface area contributed by atoms with Gasteiger partial charge in [-0.15, -0.1) is 0 Å². The minimum absolute atomic E-state index is 0.202. The Bertz CT molecular complexity index is 925. The van der Waals surface area contributed by atoms with Crippen molar-refractivity contribution in [2.75, 3.05) is 10.6 Å². The lowest BCUT2D eigenvalue weighted by atomic mass is 10.2. The number of aromatic nitrogens is 2. The fourth-order valence-electron chi connectivity index (χ4n) is 2.38. The molecule has 1 aromatic heterocycles. The van der Waals surface area contributed by atoms with Crippen LogP contribution in [0.15, 0.2) is 67.0 Å². The molecule has 2 aromatic carbocycles. The van der Waals surface area contributed by atoms with Crippen LogP contribution in [0.1, 0.15) is 23.3 Å². The maximum atomic E-state index is 12.3. The smallest absolute Gasteiger partial charge is 0.255 e. The molecule has 3 aromatic rings. The Balaban J connectivity index is 1.68. The van der Waals surface area contributed by atoms with E-state index in [2.05, 4.69) is 15.7 Å². The Morgan fingerprint density at radius 1 is 1.04 bits per heavy atom. The molecule has 2 amide bonds. The fraction of sp³-hybridized carbons (Fsp3) is 0.105. The molecule has 3 rings (SSSR count). The van der Waals surface area contributed by atoms with Crippen molar-refractivity contribution in [3.8, 4) is 0 Å². The molecule has 0 bridgehead atoms. The summed E-state index contributed by atoms with van der Waals surface area (Å²) in [7, 11) is 0. The van der Waals surface area contributed by atoms with Crippen molar-refractivity contribution in [3.05, 3.63) is 77.6 Å². The number of hydrogen-bond donors (Lipinski definition) is 2. The molecule has 1 heterocycles. The van der Waals surface area contributed by atoms with Gasteiger partial charge < -0.3 is 10.6 Å². The number of benzene rings is 2. The number of carbonyl (C=O) groups is 2.